The van der Waals surface area contributed by atoms with Gasteiger partial charge in [0.25, 0.3) is 5.56 Å². The first-order chi connectivity index (χ1) is 14.1. The highest BCUT2D eigenvalue weighted by molar-refractivity contribution is 6.29. The molecular weight excluding hydrogens is 386 g/mol. The quantitative estimate of drug-likeness (QED) is 0.479. The van der Waals surface area contributed by atoms with Crippen LogP contribution in [0, 0.1) is 11.3 Å². The lowest BCUT2D eigenvalue weighted by molar-refractivity contribution is 0.748. The number of pyridine rings is 2. The molecular formula is C22H16ClN5O. The van der Waals surface area contributed by atoms with E-state index in [0.717, 1.165) is 16.8 Å². The standard InChI is InChI=1S/C22H16ClN5O/c23-20-5-2-6-21(26-20)28-8-7-18(11-22(28)29)14-27-15-25-13-19(27)10-16-3-1-4-17(9-16)12-24/h1-9,11,13,15H,10,14H2. The Morgan fingerprint density at radius 2 is 1.93 bits per heavy atom. The van der Waals surface area contributed by atoms with E-state index in [4.69, 9.17) is 16.9 Å². The van der Waals surface area contributed by atoms with Crippen molar-refractivity contribution in [3.63, 3.8) is 0 Å². The Labute approximate surface area is 172 Å². The van der Waals surface area contributed by atoms with Gasteiger partial charge in [0.05, 0.1) is 18.0 Å². The molecule has 0 saturated carbocycles. The molecule has 4 rings (SSSR count). The number of hydrogen-bond donors (Lipinski definition) is 0. The lowest BCUT2D eigenvalue weighted by Crippen LogP contribution is -2.19. The van der Waals surface area contributed by atoms with Gasteiger partial charge in [0, 0.05) is 37.1 Å². The van der Waals surface area contributed by atoms with Crippen LogP contribution in [0.4, 0.5) is 0 Å². The number of benzene rings is 1. The van der Waals surface area contributed by atoms with Gasteiger partial charge in [-0.3, -0.25) is 9.36 Å². The summed E-state index contributed by atoms with van der Waals surface area (Å²) in [4.78, 5) is 21.0. The first-order valence-electron chi connectivity index (χ1n) is 8.95. The number of nitrogens with zero attached hydrogens (tertiary/aromatic N) is 5. The van der Waals surface area contributed by atoms with Gasteiger partial charge in [-0.1, -0.05) is 29.8 Å². The average Bonchev–Trinajstić information content (AvgIpc) is 3.14. The third-order valence-electron chi connectivity index (χ3n) is 4.52. The maximum atomic E-state index is 12.6. The van der Waals surface area contributed by atoms with Crippen LogP contribution in [0.25, 0.3) is 5.82 Å². The summed E-state index contributed by atoms with van der Waals surface area (Å²) in [7, 11) is 0. The summed E-state index contributed by atoms with van der Waals surface area (Å²) in [5, 5.41) is 9.41. The number of imidazole rings is 1. The highest BCUT2D eigenvalue weighted by Gasteiger charge is 2.08. The van der Waals surface area contributed by atoms with Crippen molar-refractivity contribution in [2.24, 2.45) is 0 Å². The average molecular weight is 402 g/mol. The maximum Gasteiger partial charge on any atom is 0.256 e. The Morgan fingerprint density at radius 1 is 1.07 bits per heavy atom. The predicted octanol–water partition coefficient (Wildman–Crippen LogP) is 3.59. The molecule has 4 aromatic rings. The SMILES string of the molecule is N#Cc1cccc(Cc2cncn2Cc2ccn(-c3cccc(Cl)n3)c(=O)c2)c1. The molecule has 0 aliphatic carbocycles. The fraction of sp³-hybridized carbons (Fsp3) is 0.0909. The molecule has 0 saturated heterocycles. The van der Waals surface area contributed by atoms with E-state index in [9.17, 15) is 4.79 Å². The van der Waals surface area contributed by atoms with E-state index in [2.05, 4.69) is 16.0 Å². The Morgan fingerprint density at radius 3 is 2.72 bits per heavy atom. The molecule has 0 amide bonds. The minimum absolute atomic E-state index is 0.180. The molecule has 3 heterocycles. The number of halogens is 1. The van der Waals surface area contributed by atoms with Crippen molar-refractivity contribution in [2.75, 3.05) is 0 Å². The van der Waals surface area contributed by atoms with E-state index in [-0.39, 0.29) is 5.56 Å². The summed E-state index contributed by atoms with van der Waals surface area (Å²) in [5.74, 6) is 0.481. The van der Waals surface area contributed by atoms with Crippen LogP contribution in [-0.2, 0) is 13.0 Å². The van der Waals surface area contributed by atoms with Gasteiger partial charge in [-0.2, -0.15) is 5.26 Å². The number of rotatable bonds is 5. The van der Waals surface area contributed by atoms with Crippen molar-refractivity contribution in [3.8, 4) is 11.9 Å². The highest BCUT2D eigenvalue weighted by Crippen LogP contribution is 2.13. The van der Waals surface area contributed by atoms with Crippen LogP contribution < -0.4 is 5.56 Å². The Bertz CT molecular complexity index is 1270. The minimum Gasteiger partial charge on any atom is -0.330 e. The monoisotopic (exact) mass is 401 g/mol. The van der Waals surface area contributed by atoms with Crippen LogP contribution in [0.15, 0.2) is 78.1 Å². The summed E-state index contributed by atoms with van der Waals surface area (Å²) in [6, 6.07) is 18.3. The normalized spacial score (nSPS) is 10.6. The molecule has 3 aromatic heterocycles. The summed E-state index contributed by atoms with van der Waals surface area (Å²) in [6.45, 7) is 0.520. The molecule has 0 unspecified atom stereocenters. The summed E-state index contributed by atoms with van der Waals surface area (Å²) in [6.07, 6.45) is 5.89. The van der Waals surface area contributed by atoms with E-state index in [1.165, 1.54) is 4.57 Å². The molecule has 0 aliphatic rings. The number of hydrogen-bond acceptors (Lipinski definition) is 4. The Hall–Kier alpha value is -3.69. The van der Waals surface area contributed by atoms with Crippen LogP contribution in [0.3, 0.4) is 0 Å². The first kappa shape index (κ1) is 18.7. The van der Waals surface area contributed by atoms with E-state index >= 15 is 0 Å². The molecule has 0 bridgehead atoms. The van der Waals surface area contributed by atoms with Gasteiger partial charge < -0.3 is 4.57 Å². The fourth-order valence-electron chi connectivity index (χ4n) is 3.13. The third kappa shape index (κ3) is 4.26. The van der Waals surface area contributed by atoms with Crippen LogP contribution >= 0.6 is 11.6 Å². The summed E-state index contributed by atoms with van der Waals surface area (Å²) in [5.41, 5.74) is 3.35. The van der Waals surface area contributed by atoms with Crippen molar-refractivity contribution in [1.82, 2.24) is 19.1 Å². The van der Waals surface area contributed by atoms with Crippen molar-refractivity contribution in [1.29, 1.82) is 5.26 Å². The fourth-order valence-corrected chi connectivity index (χ4v) is 3.29. The Balaban J connectivity index is 1.56. The number of nitriles is 1. The molecule has 6 nitrogen and oxygen atoms in total. The minimum atomic E-state index is -0.180. The highest BCUT2D eigenvalue weighted by atomic mass is 35.5. The zero-order chi connectivity index (χ0) is 20.2. The molecule has 29 heavy (non-hydrogen) atoms. The van der Waals surface area contributed by atoms with Crippen molar-refractivity contribution in [2.45, 2.75) is 13.0 Å². The van der Waals surface area contributed by atoms with Crippen LogP contribution in [0.2, 0.25) is 5.15 Å². The first-order valence-corrected chi connectivity index (χ1v) is 9.33. The maximum absolute atomic E-state index is 12.6. The van der Waals surface area contributed by atoms with Gasteiger partial charge in [-0.25, -0.2) is 9.97 Å². The van der Waals surface area contributed by atoms with Crippen LogP contribution in [-0.4, -0.2) is 19.1 Å². The van der Waals surface area contributed by atoms with Crippen molar-refractivity contribution in [3.05, 3.63) is 111 Å². The zero-order valence-corrected chi connectivity index (χ0v) is 16.1. The summed E-state index contributed by atoms with van der Waals surface area (Å²) >= 11 is 5.92. The smallest absolute Gasteiger partial charge is 0.256 e. The van der Waals surface area contributed by atoms with Gasteiger partial charge in [0.1, 0.15) is 11.0 Å². The topological polar surface area (TPSA) is 76.5 Å². The van der Waals surface area contributed by atoms with Gasteiger partial charge >= 0.3 is 0 Å². The van der Waals surface area contributed by atoms with E-state index in [1.807, 2.05) is 28.8 Å². The van der Waals surface area contributed by atoms with E-state index < -0.39 is 0 Å². The predicted molar refractivity (Wildman–Crippen MR) is 110 cm³/mol. The van der Waals surface area contributed by atoms with Crippen molar-refractivity contribution >= 4 is 11.6 Å². The van der Waals surface area contributed by atoms with Gasteiger partial charge in [-0.15, -0.1) is 0 Å². The molecule has 0 radical (unpaired) electrons. The van der Waals surface area contributed by atoms with E-state index in [1.54, 1.807) is 49.1 Å². The molecule has 0 N–H and O–H groups in total. The molecule has 0 aliphatic heterocycles. The van der Waals surface area contributed by atoms with Crippen LogP contribution in [0.1, 0.15) is 22.4 Å². The molecule has 0 fully saturated rings. The Kier molecular flexibility index (Phi) is 5.23. The lowest BCUT2D eigenvalue weighted by atomic mass is 10.1. The second-order valence-electron chi connectivity index (χ2n) is 6.56. The second kappa shape index (κ2) is 8.13. The molecule has 142 valence electrons. The molecule has 0 spiro atoms. The van der Waals surface area contributed by atoms with Crippen molar-refractivity contribution < 1.29 is 0 Å². The van der Waals surface area contributed by atoms with Gasteiger partial charge in [0.15, 0.2) is 0 Å². The van der Waals surface area contributed by atoms with Gasteiger partial charge in [-0.05, 0) is 41.5 Å². The third-order valence-corrected chi connectivity index (χ3v) is 4.73. The van der Waals surface area contributed by atoms with E-state index in [0.29, 0.717) is 29.5 Å². The largest absolute Gasteiger partial charge is 0.330 e. The molecule has 0 atom stereocenters. The van der Waals surface area contributed by atoms with Gasteiger partial charge in [0.2, 0.25) is 0 Å². The number of aromatic nitrogens is 4. The zero-order valence-electron chi connectivity index (χ0n) is 15.4. The second-order valence-corrected chi connectivity index (χ2v) is 6.95. The van der Waals surface area contributed by atoms with Crippen LogP contribution in [0.5, 0.6) is 0 Å². The molecule has 7 heteroatoms. The summed E-state index contributed by atoms with van der Waals surface area (Å²) < 4.78 is 3.45. The molecule has 1 aromatic carbocycles. The lowest BCUT2D eigenvalue weighted by Gasteiger charge is -2.10.